The predicted octanol–water partition coefficient (Wildman–Crippen LogP) is 5.50. The molecule has 0 fully saturated rings. The van der Waals surface area contributed by atoms with Crippen molar-refractivity contribution >= 4 is 5.97 Å². The largest absolute Gasteiger partial charge is 0.465 e. The van der Waals surface area contributed by atoms with Crippen LogP contribution < -0.4 is 0 Å². The van der Waals surface area contributed by atoms with Gasteiger partial charge in [-0.25, -0.2) is 0 Å². The van der Waals surface area contributed by atoms with E-state index in [1.165, 1.54) is 51.4 Å². The lowest BCUT2D eigenvalue weighted by atomic mass is 10.0. The smallest absolute Gasteiger partial charge is 0.308 e. The molecule has 0 saturated heterocycles. The number of rotatable bonds is 13. The van der Waals surface area contributed by atoms with Crippen LogP contribution in [0.5, 0.6) is 0 Å². The van der Waals surface area contributed by atoms with Crippen molar-refractivity contribution < 1.29 is 9.53 Å². The zero-order valence-electron chi connectivity index (χ0n) is 13.4. The van der Waals surface area contributed by atoms with Crippen LogP contribution in [0.3, 0.4) is 0 Å². The maximum Gasteiger partial charge on any atom is 0.308 e. The van der Waals surface area contributed by atoms with Crippen molar-refractivity contribution in [3.63, 3.8) is 0 Å². The van der Waals surface area contributed by atoms with Gasteiger partial charge >= 0.3 is 5.97 Å². The Balaban J connectivity index is 3.38. The second-order valence-electron chi connectivity index (χ2n) is 5.69. The quantitative estimate of drug-likeness (QED) is 0.326. The minimum Gasteiger partial charge on any atom is -0.465 e. The van der Waals surface area contributed by atoms with Crippen LogP contribution in [0.1, 0.15) is 91.4 Å². The summed E-state index contributed by atoms with van der Waals surface area (Å²) in [6.45, 7) is 7.03. The van der Waals surface area contributed by atoms with Gasteiger partial charge in [0.25, 0.3) is 0 Å². The third-order valence-corrected chi connectivity index (χ3v) is 3.64. The molecule has 0 spiro atoms. The molecule has 0 N–H and O–H groups in total. The molecule has 0 rings (SSSR count). The van der Waals surface area contributed by atoms with Crippen LogP contribution >= 0.6 is 0 Å². The van der Waals surface area contributed by atoms with Crippen molar-refractivity contribution in [2.45, 2.75) is 91.4 Å². The van der Waals surface area contributed by atoms with Gasteiger partial charge in [0.2, 0.25) is 0 Å². The number of carbonyl (C=O) groups is 1. The van der Waals surface area contributed by atoms with E-state index in [2.05, 4.69) is 13.8 Å². The molecule has 0 aliphatic rings. The van der Waals surface area contributed by atoms with E-state index in [1.54, 1.807) is 0 Å². The lowest BCUT2D eigenvalue weighted by molar-refractivity contribution is -0.148. The number of esters is 1. The molecule has 1 unspecified atom stereocenters. The highest BCUT2D eigenvalue weighted by Crippen LogP contribution is 2.13. The van der Waals surface area contributed by atoms with E-state index < -0.39 is 0 Å². The van der Waals surface area contributed by atoms with Gasteiger partial charge in [-0.3, -0.25) is 4.79 Å². The van der Waals surface area contributed by atoms with E-state index >= 15 is 0 Å². The van der Waals surface area contributed by atoms with Gasteiger partial charge in [0.1, 0.15) is 0 Å². The minimum atomic E-state index is 0.00468. The standard InChI is InChI=1S/C17H34O2/c1-4-6-8-10-11-12-14-16(3)17(18)19-15-13-9-7-5-2/h16H,4-15H2,1-3H3. The first-order valence-corrected chi connectivity index (χ1v) is 8.39. The summed E-state index contributed by atoms with van der Waals surface area (Å²) in [5.41, 5.74) is 0. The highest BCUT2D eigenvalue weighted by Gasteiger charge is 2.13. The Morgan fingerprint density at radius 3 is 2.00 bits per heavy atom. The topological polar surface area (TPSA) is 26.3 Å². The first-order chi connectivity index (χ1) is 9.22. The average molecular weight is 270 g/mol. The normalized spacial score (nSPS) is 12.4. The maximum atomic E-state index is 11.7. The van der Waals surface area contributed by atoms with E-state index in [1.807, 2.05) is 6.92 Å². The third-order valence-electron chi connectivity index (χ3n) is 3.64. The number of carbonyl (C=O) groups excluding carboxylic acids is 1. The Labute approximate surface area is 120 Å². The molecule has 0 aromatic carbocycles. The maximum absolute atomic E-state index is 11.7. The van der Waals surface area contributed by atoms with Crippen molar-refractivity contribution in [3.8, 4) is 0 Å². The molecule has 0 saturated carbocycles. The number of unbranched alkanes of at least 4 members (excludes halogenated alkanes) is 8. The fourth-order valence-electron chi connectivity index (χ4n) is 2.19. The van der Waals surface area contributed by atoms with Crippen molar-refractivity contribution in [3.05, 3.63) is 0 Å². The Hall–Kier alpha value is -0.530. The molecule has 0 aliphatic heterocycles. The summed E-state index contributed by atoms with van der Waals surface area (Å²) >= 11 is 0. The highest BCUT2D eigenvalue weighted by atomic mass is 16.5. The molecule has 1 atom stereocenters. The molecule has 114 valence electrons. The van der Waals surface area contributed by atoms with Gasteiger partial charge in [0.05, 0.1) is 12.5 Å². The second-order valence-corrected chi connectivity index (χ2v) is 5.69. The Kier molecular flexibility index (Phi) is 13.5. The van der Waals surface area contributed by atoms with E-state index in [9.17, 15) is 4.79 Å². The van der Waals surface area contributed by atoms with Crippen molar-refractivity contribution in [2.75, 3.05) is 6.61 Å². The van der Waals surface area contributed by atoms with Crippen molar-refractivity contribution in [1.29, 1.82) is 0 Å². The van der Waals surface area contributed by atoms with Crippen molar-refractivity contribution in [2.24, 2.45) is 5.92 Å². The van der Waals surface area contributed by atoms with Crippen LogP contribution in [-0.4, -0.2) is 12.6 Å². The fourth-order valence-corrected chi connectivity index (χ4v) is 2.19. The third kappa shape index (κ3) is 12.3. The molecule has 0 aromatic heterocycles. The fraction of sp³-hybridized carbons (Fsp3) is 0.941. The summed E-state index contributed by atoms with van der Waals surface area (Å²) < 4.78 is 5.31. The summed E-state index contributed by atoms with van der Waals surface area (Å²) in [4.78, 5) is 11.7. The van der Waals surface area contributed by atoms with Gasteiger partial charge in [0, 0.05) is 0 Å². The molecule has 0 aromatic rings. The van der Waals surface area contributed by atoms with Crippen LogP contribution in [0.15, 0.2) is 0 Å². The average Bonchev–Trinajstić information content (AvgIpc) is 2.42. The molecule has 2 heteroatoms. The van der Waals surface area contributed by atoms with Gasteiger partial charge < -0.3 is 4.74 Å². The molecular formula is C17H34O2. The summed E-state index contributed by atoms with van der Waals surface area (Å²) in [7, 11) is 0. The summed E-state index contributed by atoms with van der Waals surface area (Å²) in [6.07, 6.45) is 13.4. The number of hydrogen-bond acceptors (Lipinski definition) is 2. The van der Waals surface area contributed by atoms with Crippen LogP contribution in [0.25, 0.3) is 0 Å². The molecule has 19 heavy (non-hydrogen) atoms. The van der Waals surface area contributed by atoms with Gasteiger partial charge in [-0.2, -0.15) is 0 Å². The molecule has 0 radical (unpaired) electrons. The van der Waals surface area contributed by atoms with E-state index in [0.29, 0.717) is 6.61 Å². The molecule has 0 heterocycles. The van der Waals surface area contributed by atoms with Gasteiger partial charge in [-0.1, -0.05) is 78.6 Å². The SMILES string of the molecule is CCCCCCCCC(C)C(=O)OCCCCCC. The van der Waals surface area contributed by atoms with Gasteiger partial charge in [-0.15, -0.1) is 0 Å². The Morgan fingerprint density at radius 1 is 0.842 bits per heavy atom. The van der Waals surface area contributed by atoms with Crippen molar-refractivity contribution in [1.82, 2.24) is 0 Å². The molecular weight excluding hydrogens is 236 g/mol. The lowest BCUT2D eigenvalue weighted by Gasteiger charge is -2.11. The summed E-state index contributed by atoms with van der Waals surface area (Å²) in [5.74, 6) is 0.0856. The molecule has 0 aliphatic carbocycles. The van der Waals surface area contributed by atoms with Crippen LogP contribution in [0, 0.1) is 5.92 Å². The van der Waals surface area contributed by atoms with E-state index in [-0.39, 0.29) is 11.9 Å². The predicted molar refractivity (Wildman–Crippen MR) is 82.3 cm³/mol. The highest BCUT2D eigenvalue weighted by molar-refractivity contribution is 5.71. The lowest BCUT2D eigenvalue weighted by Crippen LogP contribution is -2.15. The Morgan fingerprint density at radius 2 is 1.37 bits per heavy atom. The molecule has 2 nitrogen and oxygen atoms in total. The first-order valence-electron chi connectivity index (χ1n) is 8.39. The van der Waals surface area contributed by atoms with E-state index in [4.69, 9.17) is 4.74 Å². The van der Waals surface area contributed by atoms with Crippen LogP contribution in [0.4, 0.5) is 0 Å². The zero-order chi connectivity index (χ0) is 14.3. The van der Waals surface area contributed by atoms with E-state index in [0.717, 1.165) is 19.3 Å². The van der Waals surface area contributed by atoms with Gasteiger partial charge in [-0.05, 0) is 12.8 Å². The second kappa shape index (κ2) is 13.9. The zero-order valence-corrected chi connectivity index (χ0v) is 13.4. The number of hydrogen-bond donors (Lipinski definition) is 0. The number of ether oxygens (including phenoxy) is 1. The molecule has 0 bridgehead atoms. The minimum absolute atomic E-state index is 0.00468. The summed E-state index contributed by atoms with van der Waals surface area (Å²) in [5, 5.41) is 0. The van der Waals surface area contributed by atoms with Gasteiger partial charge in [0.15, 0.2) is 0 Å². The van der Waals surface area contributed by atoms with Crippen LogP contribution in [0.2, 0.25) is 0 Å². The molecule has 0 amide bonds. The first kappa shape index (κ1) is 18.5. The Bertz CT molecular complexity index is 201. The monoisotopic (exact) mass is 270 g/mol. The summed E-state index contributed by atoms with van der Waals surface area (Å²) in [6, 6.07) is 0. The van der Waals surface area contributed by atoms with Crippen LogP contribution in [-0.2, 0) is 9.53 Å².